The molecule has 1 radical (unpaired) electrons. The van der Waals surface area contributed by atoms with Crippen LogP contribution in [0.25, 0.3) is 17.0 Å². The Bertz CT molecular complexity index is 720. The van der Waals surface area contributed by atoms with Crippen LogP contribution >= 0.6 is 0 Å². The van der Waals surface area contributed by atoms with E-state index in [0.717, 1.165) is 16.5 Å². The zero-order valence-electron chi connectivity index (χ0n) is 11.9. The number of para-hydroxylation sites is 1. The number of H-pyrrole nitrogens is 1. The highest BCUT2D eigenvalue weighted by molar-refractivity contribution is 5.94. The van der Waals surface area contributed by atoms with Gasteiger partial charge in [-0.1, -0.05) is 18.2 Å². The fourth-order valence-corrected chi connectivity index (χ4v) is 2.95. The van der Waals surface area contributed by atoms with Crippen LogP contribution in [0, 0.1) is 6.42 Å². The molecule has 113 valence electrons. The summed E-state index contributed by atoms with van der Waals surface area (Å²) in [5, 5.41) is 1.07. The summed E-state index contributed by atoms with van der Waals surface area (Å²) in [7, 11) is 0. The predicted molar refractivity (Wildman–Crippen MR) is 81.0 cm³/mol. The van der Waals surface area contributed by atoms with Crippen LogP contribution < -0.4 is 0 Å². The summed E-state index contributed by atoms with van der Waals surface area (Å²) in [4.78, 5) is 15.1. The van der Waals surface area contributed by atoms with Crippen LogP contribution in [-0.2, 0) is 19.0 Å². The Morgan fingerprint density at radius 2 is 2.23 bits per heavy atom. The molecule has 2 fully saturated rings. The number of carbonyl (C=O) groups is 1. The van der Waals surface area contributed by atoms with Crippen LogP contribution in [0.2, 0.25) is 0 Å². The highest BCUT2D eigenvalue weighted by Crippen LogP contribution is 2.28. The van der Waals surface area contributed by atoms with Gasteiger partial charge in [0.05, 0.1) is 19.3 Å². The molecule has 22 heavy (non-hydrogen) atoms. The van der Waals surface area contributed by atoms with Gasteiger partial charge in [-0.25, -0.2) is 4.79 Å². The van der Waals surface area contributed by atoms with Crippen LogP contribution in [0.5, 0.6) is 0 Å². The number of aromatic nitrogens is 1. The lowest BCUT2D eigenvalue weighted by atomic mass is 10.1. The number of hydrogen-bond donors (Lipinski definition) is 1. The van der Waals surface area contributed by atoms with E-state index in [4.69, 9.17) is 14.2 Å². The summed E-state index contributed by atoms with van der Waals surface area (Å²) in [5.41, 5.74) is 2.00. The summed E-state index contributed by atoms with van der Waals surface area (Å²) in [5.74, 6) is -0.380. The van der Waals surface area contributed by atoms with Crippen LogP contribution in [0.1, 0.15) is 5.56 Å². The first-order chi connectivity index (χ1) is 10.8. The van der Waals surface area contributed by atoms with E-state index in [9.17, 15) is 4.79 Å². The molecule has 3 heterocycles. The number of benzene rings is 1. The minimum atomic E-state index is -0.380. The smallest absolute Gasteiger partial charge is 0.331 e. The normalized spacial score (nSPS) is 27.5. The van der Waals surface area contributed by atoms with Crippen molar-refractivity contribution in [2.24, 2.45) is 0 Å². The fourth-order valence-electron chi connectivity index (χ4n) is 2.95. The molecule has 0 spiro atoms. The molecular weight excluding hydrogens is 282 g/mol. The summed E-state index contributed by atoms with van der Waals surface area (Å²) in [6.45, 7) is 0.938. The Morgan fingerprint density at radius 1 is 1.32 bits per heavy atom. The van der Waals surface area contributed by atoms with Gasteiger partial charge < -0.3 is 19.2 Å². The number of carbonyl (C=O) groups excluding carboxylic acids is 1. The van der Waals surface area contributed by atoms with E-state index < -0.39 is 0 Å². The van der Waals surface area contributed by atoms with Gasteiger partial charge in [0, 0.05) is 35.2 Å². The van der Waals surface area contributed by atoms with Crippen molar-refractivity contribution in [3.8, 4) is 0 Å². The van der Waals surface area contributed by atoms with E-state index in [-0.39, 0.29) is 24.3 Å². The maximum atomic E-state index is 12.0. The third-order valence-electron chi connectivity index (χ3n) is 4.05. The zero-order chi connectivity index (χ0) is 14.9. The highest BCUT2D eigenvalue weighted by atomic mass is 16.6. The summed E-state index contributed by atoms with van der Waals surface area (Å²) in [6, 6.07) is 7.94. The average molecular weight is 298 g/mol. The lowest BCUT2D eigenvalue weighted by molar-refractivity contribution is -0.147. The van der Waals surface area contributed by atoms with Gasteiger partial charge >= 0.3 is 5.97 Å². The van der Waals surface area contributed by atoms with E-state index in [1.54, 1.807) is 6.08 Å². The number of aromatic amines is 1. The molecule has 0 unspecified atom stereocenters. The molecule has 0 bridgehead atoms. The van der Waals surface area contributed by atoms with Crippen LogP contribution in [-0.4, -0.2) is 42.5 Å². The number of esters is 1. The molecule has 5 nitrogen and oxygen atoms in total. The SMILES string of the molecule is O=C(/C=C/c1c[nH]c2ccccc12)O[C@H]1CO[C@@H]2[CH]CO[C@@H]12. The van der Waals surface area contributed by atoms with Gasteiger partial charge in [0.1, 0.15) is 6.10 Å². The number of ether oxygens (including phenoxy) is 3. The second-order valence-corrected chi connectivity index (χ2v) is 5.43. The molecule has 1 aromatic heterocycles. The van der Waals surface area contributed by atoms with Crippen molar-refractivity contribution in [2.45, 2.75) is 18.3 Å². The number of hydrogen-bond acceptors (Lipinski definition) is 4. The lowest BCUT2D eigenvalue weighted by Gasteiger charge is -2.15. The van der Waals surface area contributed by atoms with E-state index in [1.165, 1.54) is 6.08 Å². The second kappa shape index (κ2) is 5.59. The predicted octanol–water partition coefficient (Wildman–Crippen LogP) is 2.09. The van der Waals surface area contributed by atoms with E-state index >= 15 is 0 Å². The molecule has 2 aliphatic heterocycles. The van der Waals surface area contributed by atoms with Crippen LogP contribution in [0.15, 0.2) is 36.5 Å². The van der Waals surface area contributed by atoms with Crippen LogP contribution in [0.3, 0.4) is 0 Å². The molecule has 0 aliphatic carbocycles. The minimum Gasteiger partial charge on any atom is -0.454 e. The largest absolute Gasteiger partial charge is 0.454 e. The van der Waals surface area contributed by atoms with Crippen molar-refractivity contribution in [3.05, 3.63) is 48.5 Å². The Labute approximate surface area is 127 Å². The number of rotatable bonds is 3. The summed E-state index contributed by atoms with van der Waals surface area (Å²) < 4.78 is 16.5. The molecule has 1 N–H and O–H groups in total. The molecule has 5 heteroatoms. The average Bonchev–Trinajstić information content (AvgIpc) is 3.22. The zero-order valence-corrected chi connectivity index (χ0v) is 11.9. The van der Waals surface area contributed by atoms with Crippen molar-refractivity contribution in [1.82, 2.24) is 4.98 Å². The Kier molecular flexibility index (Phi) is 3.44. The molecular formula is C17H16NO4. The maximum Gasteiger partial charge on any atom is 0.331 e. The van der Waals surface area contributed by atoms with Gasteiger partial charge in [-0.15, -0.1) is 0 Å². The summed E-state index contributed by atoms with van der Waals surface area (Å²) in [6.07, 6.45) is 6.50. The Morgan fingerprint density at radius 3 is 3.18 bits per heavy atom. The van der Waals surface area contributed by atoms with Gasteiger partial charge in [0.15, 0.2) is 6.10 Å². The van der Waals surface area contributed by atoms with E-state index in [1.807, 2.05) is 36.9 Å². The van der Waals surface area contributed by atoms with Gasteiger partial charge in [-0.05, 0) is 12.1 Å². The molecule has 2 aromatic rings. The standard InChI is InChI=1S/C17H16NO4/c19-16(22-15-10-21-14-7-8-20-17(14)15)6-5-11-9-18-13-4-2-1-3-12(11)13/h1-7,9,14-15,17-18H,8,10H2/b6-5+/t14-,15+,17-/m1/s1. The Hall–Kier alpha value is -2.11. The van der Waals surface area contributed by atoms with Crippen molar-refractivity contribution >= 4 is 22.9 Å². The van der Waals surface area contributed by atoms with Gasteiger partial charge in [0.2, 0.25) is 0 Å². The quantitative estimate of drug-likeness (QED) is 0.696. The highest BCUT2D eigenvalue weighted by Gasteiger charge is 2.43. The number of fused-ring (bicyclic) bond motifs is 2. The molecule has 0 saturated carbocycles. The topological polar surface area (TPSA) is 60.6 Å². The third-order valence-corrected chi connectivity index (χ3v) is 4.05. The summed E-state index contributed by atoms with van der Waals surface area (Å²) >= 11 is 0. The van der Waals surface area contributed by atoms with Gasteiger partial charge in [-0.3, -0.25) is 0 Å². The maximum absolute atomic E-state index is 12.0. The third kappa shape index (κ3) is 2.42. The van der Waals surface area contributed by atoms with E-state index in [2.05, 4.69) is 4.98 Å². The first kappa shape index (κ1) is 13.5. The first-order valence-electron chi connectivity index (χ1n) is 7.32. The van der Waals surface area contributed by atoms with Crippen molar-refractivity contribution in [3.63, 3.8) is 0 Å². The van der Waals surface area contributed by atoms with E-state index in [0.29, 0.717) is 13.2 Å². The second-order valence-electron chi connectivity index (χ2n) is 5.43. The molecule has 0 amide bonds. The van der Waals surface area contributed by atoms with Gasteiger partial charge in [-0.2, -0.15) is 0 Å². The van der Waals surface area contributed by atoms with Gasteiger partial charge in [0.25, 0.3) is 0 Å². The fraction of sp³-hybridized carbons (Fsp3) is 0.294. The molecule has 2 aliphatic rings. The molecule has 3 atom stereocenters. The van der Waals surface area contributed by atoms with Crippen molar-refractivity contribution in [1.29, 1.82) is 0 Å². The van der Waals surface area contributed by atoms with Crippen molar-refractivity contribution in [2.75, 3.05) is 13.2 Å². The monoisotopic (exact) mass is 298 g/mol. The molecule has 4 rings (SSSR count). The molecule has 2 saturated heterocycles. The number of nitrogens with one attached hydrogen (secondary N) is 1. The van der Waals surface area contributed by atoms with Crippen LogP contribution in [0.4, 0.5) is 0 Å². The molecule has 1 aromatic carbocycles. The Balaban J connectivity index is 1.43. The lowest BCUT2D eigenvalue weighted by Crippen LogP contribution is -2.31. The minimum absolute atomic E-state index is 0.0459. The first-order valence-corrected chi connectivity index (χ1v) is 7.32. The van der Waals surface area contributed by atoms with Crippen molar-refractivity contribution < 1.29 is 19.0 Å².